The van der Waals surface area contributed by atoms with Crippen molar-refractivity contribution in [3.8, 4) is 22.4 Å². The Kier molecular flexibility index (Phi) is 6.76. The van der Waals surface area contributed by atoms with Gasteiger partial charge in [0.1, 0.15) is 11.9 Å². The van der Waals surface area contributed by atoms with Crippen molar-refractivity contribution >= 4 is 11.8 Å². The highest BCUT2D eigenvalue weighted by Crippen LogP contribution is 2.25. The summed E-state index contributed by atoms with van der Waals surface area (Å²) < 4.78 is 0. The molecule has 0 saturated heterocycles. The molecule has 4 aromatic rings. The van der Waals surface area contributed by atoms with Crippen LogP contribution in [0.4, 0.5) is 5.82 Å². The number of nitrogens with two attached hydrogens (primary N) is 1. The molecule has 166 valence electrons. The van der Waals surface area contributed by atoms with Crippen LogP contribution in [0.1, 0.15) is 16.7 Å². The van der Waals surface area contributed by atoms with Gasteiger partial charge in [0.15, 0.2) is 0 Å². The molecule has 1 unspecified atom stereocenters. The summed E-state index contributed by atoms with van der Waals surface area (Å²) >= 11 is 0. The summed E-state index contributed by atoms with van der Waals surface area (Å²) in [6, 6.07) is 23.4. The molecule has 0 saturated carbocycles. The summed E-state index contributed by atoms with van der Waals surface area (Å²) in [7, 11) is 0. The minimum Gasteiger partial charge on any atom is -0.480 e. The van der Waals surface area contributed by atoms with E-state index < -0.39 is 12.0 Å². The molecule has 6 heteroatoms. The lowest BCUT2D eigenvalue weighted by molar-refractivity contribution is -0.138. The predicted molar refractivity (Wildman–Crippen MR) is 131 cm³/mol. The standard InChI is InChI=1S/C27H26N4O2/c1-18-7-12-23(20-5-3-2-4-6-20)22(13-18)15-30-26-17-29-25(16-31-26)21-10-8-19(9-11-21)14-24(28)27(32)33/h2-13,16-17,24H,14-15,28H2,1H3,(H,30,31)(H,32,33). The fourth-order valence-electron chi connectivity index (χ4n) is 3.68. The Morgan fingerprint density at radius 1 is 0.970 bits per heavy atom. The third kappa shape index (κ3) is 5.61. The number of carboxylic acid groups (broad SMARTS) is 1. The van der Waals surface area contributed by atoms with E-state index in [2.05, 4.69) is 52.5 Å². The van der Waals surface area contributed by atoms with Crippen LogP contribution in [0.5, 0.6) is 0 Å². The zero-order chi connectivity index (χ0) is 23.2. The number of anilines is 1. The fraction of sp³-hybridized carbons (Fsp3) is 0.148. The number of hydrogen-bond acceptors (Lipinski definition) is 5. The van der Waals surface area contributed by atoms with Crippen LogP contribution in [-0.2, 0) is 17.8 Å². The number of carboxylic acids is 1. The summed E-state index contributed by atoms with van der Waals surface area (Å²) in [6.45, 7) is 2.73. The van der Waals surface area contributed by atoms with E-state index in [-0.39, 0.29) is 6.42 Å². The number of aliphatic carboxylic acids is 1. The van der Waals surface area contributed by atoms with Crippen molar-refractivity contribution in [2.75, 3.05) is 5.32 Å². The third-order valence-electron chi connectivity index (χ3n) is 5.48. The van der Waals surface area contributed by atoms with Crippen LogP contribution in [0.15, 0.2) is 85.2 Å². The van der Waals surface area contributed by atoms with E-state index in [4.69, 9.17) is 10.8 Å². The number of nitrogens with one attached hydrogen (secondary N) is 1. The molecule has 4 N–H and O–H groups in total. The Morgan fingerprint density at radius 2 is 1.73 bits per heavy atom. The lowest BCUT2D eigenvalue weighted by atomic mass is 9.98. The van der Waals surface area contributed by atoms with Crippen LogP contribution in [0, 0.1) is 6.92 Å². The van der Waals surface area contributed by atoms with E-state index in [0.29, 0.717) is 12.4 Å². The maximum Gasteiger partial charge on any atom is 0.320 e. The first-order chi connectivity index (χ1) is 16.0. The van der Waals surface area contributed by atoms with Crippen molar-refractivity contribution < 1.29 is 9.90 Å². The van der Waals surface area contributed by atoms with E-state index in [0.717, 1.165) is 16.8 Å². The molecular weight excluding hydrogens is 412 g/mol. The van der Waals surface area contributed by atoms with Gasteiger partial charge in [0.25, 0.3) is 0 Å². The quantitative estimate of drug-likeness (QED) is 0.369. The second-order valence-electron chi connectivity index (χ2n) is 8.01. The van der Waals surface area contributed by atoms with Gasteiger partial charge in [0.2, 0.25) is 0 Å². The van der Waals surface area contributed by atoms with Gasteiger partial charge in [-0.3, -0.25) is 9.78 Å². The number of benzene rings is 3. The Bertz CT molecular complexity index is 1220. The summed E-state index contributed by atoms with van der Waals surface area (Å²) in [5.74, 6) is -0.307. The first-order valence-electron chi connectivity index (χ1n) is 10.8. The van der Waals surface area contributed by atoms with Gasteiger partial charge in [0, 0.05) is 12.1 Å². The van der Waals surface area contributed by atoms with E-state index in [1.165, 1.54) is 22.3 Å². The number of carbonyl (C=O) groups is 1. The first kappa shape index (κ1) is 22.2. The Labute approximate surface area is 193 Å². The molecule has 3 aromatic carbocycles. The highest BCUT2D eigenvalue weighted by molar-refractivity contribution is 5.73. The normalized spacial score (nSPS) is 11.7. The second kappa shape index (κ2) is 10.1. The van der Waals surface area contributed by atoms with Crippen LogP contribution in [-0.4, -0.2) is 27.1 Å². The van der Waals surface area contributed by atoms with Crippen LogP contribution in [0.25, 0.3) is 22.4 Å². The van der Waals surface area contributed by atoms with Crippen molar-refractivity contribution in [3.63, 3.8) is 0 Å². The van der Waals surface area contributed by atoms with Crippen LogP contribution in [0.2, 0.25) is 0 Å². The smallest absolute Gasteiger partial charge is 0.320 e. The van der Waals surface area contributed by atoms with Gasteiger partial charge < -0.3 is 16.2 Å². The SMILES string of the molecule is Cc1ccc(-c2ccccc2)c(CNc2cnc(-c3ccc(CC(N)C(=O)O)cc3)cn2)c1. The molecule has 0 aliphatic carbocycles. The van der Waals surface area contributed by atoms with Gasteiger partial charge >= 0.3 is 5.97 Å². The highest BCUT2D eigenvalue weighted by Gasteiger charge is 2.12. The molecule has 4 rings (SSSR count). The first-order valence-corrected chi connectivity index (χ1v) is 10.8. The Balaban J connectivity index is 1.44. The molecule has 0 radical (unpaired) electrons. The molecule has 33 heavy (non-hydrogen) atoms. The fourth-order valence-corrected chi connectivity index (χ4v) is 3.68. The number of aromatic nitrogens is 2. The van der Waals surface area contributed by atoms with Crippen molar-refractivity contribution in [2.24, 2.45) is 5.73 Å². The maximum absolute atomic E-state index is 10.9. The van der Waals surface area contributed by atoms with Gasteiger partial charge in [-0.2, -0.15) is 0 Å². The van der Waals surface area contributed by atoms with Gasteiger partial charge in [0.05, 0.1) is 18.1 Å². The minimum atomic E-state index is -1.01. The van der Waals surface area contributed by atoms with Gasteiger partial charge in [-0.05, 0) is 35.6 Å². The maximum atomic E-state index is 10.9. The van der Waals surface area contributed by atoms with Gasteiger partial charge in [-0.15, -0.1) is 0 Å². The lowest BCUT2D eigenvalue weighted by Crippen LogP contribution is -2.32. The van der Waals surface area contributed by atoms with E-state index in [9.17, 15) is 4.79 Å². The molecule has 0 aliphatic heterocycles. The molecule has 0 bridgehead atoms. The molecular formula is C27H26N4O2. The summed E-state index contributed by atoms with van der Waals surface area (Å²) in [6.07, 6.45) is 3.74. The van der Waals surface area contributed by atoms with E-state index in [1.807, 2.05) is 42.5 Å². The molecule has 1 heterocycles. The Hall–Kier alpha value is -4.03. The van der Waals surface area contributed by atoms with Gasteiger partial charge in [-0.25, -0.2) is 4.98 Å². The van der Waals surface area contributed by atoms with E-state index >= 15 is 0 Å². The number of rotatable bonds is 8. The Morgan fingerprint density at radius 3 is 2.39 bits per heavy atom. The number of hydrogen-bond donors (Lipinski definition) is 3. The minimum absolute atomic E-state index is 0.286. The molecule has 0 spiro atoms. The molecule has 0 amide bonds. The topological polar surface area (TPSA) is 101 Å². The van der Waals surface area contributed by atoms with Gasteiger partial charge in [-0.1, -0.05) is 78.4 Å². The number of nitrogens with zero attached hydrogens (tertiary/aromatic N) is 2. The average Bonchev–Trinajstić information content (AvgIpc) is 2.84. The lowest BCUT2D eigenvalue weighted by Gasteiger charge is -2.13. The summed E-state index contributed by atoms with van der Waals surface area (Å²) in [5, 5.41) is 12.3. The van der Waals surface area contributed by atoms with Crippen LogP contribution in [0.3, 0.4) is 0 Å². The molecule has 1 atom stereocenters. The van der Waals surface area contributed by atoms with Crippen molar-refractivity contribution in [3.05, 3.63) is 102 Å². The second-order valence-corrected chi connectivity index (χ2v) is 8.01. The molecule has 6 nitrogen and oxygen atoms in total. The predicted octanol–water partition coefficient (Wildman–Crippen LogP) is 4.69. The van der Waals surface area contributed by atoms with Crippen LogP contribution >= 0.6 is 0 Å². The molecule has 0 fully saturated rings. The summed E-state index contributed by atoms with van der Waals surface area (Å²) in [4.78, 5) is 20.0. The monoisotopic (exact) mass is 438 g/mol. The van der Waals surface area contributed by atoms with Crippen molar-refractivity contribution in [2.45, 2.75) is 25.9 Å². The largest absolute Gasteiger partial charge is 0.480 e. The van der Waals surface area contributed by atoms with E-state index in [1.54, 1.807) is 12.4 Å². The van der Waals surface area contributed by atoms with Crippen molar-refractivity contribution in [1.29, 1.82) is 0 Å². The zero-order valence-electron chi connectivity index (χ0n) is 18.4. The number of aryl methyl sites for hydroxylation is 1. The van der Waals surface area contributed by atoms with Crippen LogP contribution < -0.4 is 11.1 Å². The molecule has 0 aliphatic rings. The average molecular weight is 439 g/mol. The molecule has 1 aromatic heterocycles. The van der Waals surface area contributed by atoms with Crippen molar-refractivity contribution in [1.82, 2.24) is 9.97 Å². The zero-order valence-corrected chi connectivity index (χ0v) is 18.4. The third-order valence-corrected chi connectivity index (χ3v) is 5.48. The summed E-state index contributed by atoms with van der Waals surface area (Å²) in [5.41, 5.74) is 12.9. The highest BCUT2D eigenvalue weighted by atomic mass is 16.4.